The zero-order chi connectivity index (χ0) is 26.8. The molecule has 0 saturated carbocycles. The third-order valence-corrected chi connectivity index (χ3v) is 6.80. The van der Waals surface area contributed by atoms with Crippen LogP contribution in [-0.2, 0) is 9.53 Å². The first-order valence-corrected chi connectivity index (χ1v) is 13.3. The third kappa shape index (κ3) is 5.38. The fraction of sp³-hybridized carbons (Fsp3) is 0.111. The zero-order valence-electron chi connectivity index (χ0n) is 19.8. The molecule has 0 spiro atoms. The first kappa shape index (κ1) is 26.1. The van der Waals surface area contributed by atoms with Crippen LogP contribution in [0.2, 0.25) is 5.02 Å². The Labute approximate surface area is 238 Å². The van der Waals surface area contributed by atoms with Crippen LogP contribution in [0.15, 0.2) is 83.9 Å². The number of para-hydroxylation sites is 1. The fourth-order valence-corrected chi connectivity index (χ4v) is 5.13. The molecule has 0 N–H and O–H groups in total. The van der Waals surface area contributed by atoms with Gasteiger partial charge in [0.1, 0.15) is 5.58 Å². The van der Waals surface area contributed by atoms with Crippen molar-refractivity contribution in [2.45, 2.75) is 6.92 Å². The lowest BCUT2D eigenvalue weighted by molar-refractivity contribution is -0.145. The monoisotopic (exact) mass is 657 g/mol. The summed E-state index contributed by atoms with van der Waals surface area (Å²) in [5.41, 5.74) is 1.39. The Morgan fingerprint density at radius 1 is 1.16 bits per heavy atom. The second-order valence-electron chi connectivity index (χ2n) is 8.01. The molecule has 5 rings (SSSR count). The molecule has 0 amide bonds. The van der Waals surface area contributed by atoms with Crippen molar-refractivity contribution in [1.29, 1.82) is 0 Å². The highest BCUT2D eigenvalue weighted by atomic mass is 79.9. The number of carbonyl (C=O) groups is 1. The van der Waals surface area contributed by atoms with E-state index < -0.39 is 5.97 Å². The Kier molecular flexibility index (Phi) is 7.64. The Balaban J connectivity index is 1.56. The number of halogens is 3. The minimum atomic E-state index is -0.505. The third-order valence-electron chi connectivity index (χ3n) is 5.44. The van der Waals surface area contributed by atoms with Gasteiger partial charge < -0.3 is 13.9 Å². The lowest BCUT2D eigenvalue weighted by Gasteiger charge is -2.11. The summed E-state index contributed by atoms with van der Waals surface area (Å²) in [7, 11) is 0. The Bertz CT molecular complexity index is 1760. The van der Waals surface area contributed by atoms with Crippen LogP contribution >= 0.6 is 43.5 Å². The van der Waals surface area contributed by atoms with Gasteiger partial charge in [0, 0.05) is 9.86 Å². The molecule has 0 fully saturated rings. The highest BCUT2D eigenvalue weighted by molar-refractivity contribution is 9.10. The molecule has 8 nitrogen and oxygen atoms in total. The van der Waals surface area contributed by atoms with Gasteiger partial charge in [0.15, 0.2) is 18.1 Å². The lowest BCUT2D eigenvalue weighted by atomic mass is 10.2. The van der Waals surface area contributed by atoms with E-state index in [0.717, 1.165) is 9.86 Å². The molecule has 38 heavy (non-hydrogen) atoms. The molecule has 0 saturated heterocycles. The second-order valence-corrected chi connectivity index (χ2v) is 10.2. The van der Waals surface area contributed by atoms with Gasteiger partial charge in [-0.3, -0.25) is 4.79 Å². The number of rotatable bonds is 7. The second kappa shape index (κ2) is 11.1. The molecular weight excluding hydrogens is 642 g/mol. The van der Waals surface area contributed by atoms with Gasteiger partial charge >= 0.3 is 5.97 Å². The van der Waals surface area contributed by atoms with Crippen molar-refractivity contribution in [2.75, 3.05) is 13.2 Å². The van der Waals surface area contributed by atoms with Crippen LogP contribution in [-0.4, -0.2) is 35.1 Å². The standard InChI is InChI=1S/C27H18Br2ClN3O5/c1-2-36-24(34)14-37-25-19(29)9-15(10-20(25)30)13-31-33-26(32-21-6-4-3-5-18(21)27(33)35)23-12-16-11-17(28)7-8-22(16)38-23/h3-13H,2,14H2,1H3. The van der Waals surface area contributed by atoms with Crippen molar-refractivity contribution < 1.29 is 18.7 Å². The topological polar surface area (TPSA) is 95.9 Å². The normalized spacial score (nSPS) is 11.5. The van der Waals surface area contributed by atoms with Gasteiger partial charge in [-0.05, 0) is 76.9 Å². The van der Waals surface area contributed by atoms with Crippen LogP contribution in [0.5, 0.6) is 5.75 Å². The van der Waals surface area contributed by atoms with E-state index in [2.05, 4.69) is 41.9 Å². The largest absolute Gasteiger partial charge is 0.479 e. The van der Waals surface area contributed by atoms with E-state index in [1.54, 1.807) is 37.3 Å². The fourth-order valence-electron chi connectivity index (χ4n) is 3.76. The summed E-state index contributed by atoms with van der Waals surface area (Å²) in [5, 5.41) is 5.96. The van der Waals surface area contributed by atoms with Crippen molar-refractivity contribution in [2.24, 2.45) is 5.10 Å². The molecular formula is C27H18Br2ClN3O5. The molecule has 192 valence electrons. The number of aromatic nitrogens is 2. The molecule has 0 aliphatic rings. The average Bonchev–Trinajstić information content (AvgIpc) is 3.31. The van der Waals surface area contributed by atoms with Crippen molar-refractivity contribution in [3.63, 3.8) is 0 Å². The molecule has 0 radical (unpaired) electrons. The highest BCUT2D eigenvalue weighted by Crippen LogP contribution is 2.34. The van der Waals surface area contributed by atoms with Gasteiger partial charge in [0.2, 0.25) is 5.82 Å². The molecule has 0 unspecified atom stereocenters. The van der Waals surface area contributed by atoms with Crippen LogP contribution in [0.3, 0.4) is 0 Å². The summed E-state index contributed by atoms with van der Waals surface area (Å²) in [5.74, 6) is 0.419. The molecule has 0 atom stereocenters. The lowest BCUT2D eigenvalue weighted by Crippen LogP contribution is -2.20. The Morgan fingerprint density at radius 2 is 1.97 bits per heavy atom. The SMILES string of the molecule is CCOC(=O)COc1c(Cl)cc(C=Nn2c(-c3cc4cc(Br)ccc4o3)nc3ccccc3c2=O)cc1Br. The predicted octanol–water partition coefficient (Wildman–Crippen LogP) is 6.81. The number of furan rings is 1. The summed E-state index contributed by atoms with van der Waals surface area (Å²) < 4.78 is 19.0. The number of fused-ring (bicyclic) bond motifs is 2. The van der Waals surface area contributed by atoms with Crippen LogP contribution in [0.1, 0.15) is 12.5 Å². The van der Waals surface area contributed by atoms with Gasteiger partial charge in [-0.1, -0.05) is 39.7 Å². The first-order valence-electron chi connectivity index (χ1n) is 11.4. The van der Waals surface area contributed by atoms with E-state index in [4.69, 9.17) is 25.5 Å². The van der Waals surface area contributed by atoms with Crippen molar-refractivity contribution >= 4 is 77.5 Å². The van der Waals surface area contributed by atoms with E-state index in [-0.39, 0.29) is 35.4 Å². The van der Waals surface area contributed by atoms with E-state index in [1.165, 1.54) is 10.9 Å². The molecule has 0 bridgehead atoms. The first-order chi connectivity index (χ1) is 18.3. The summed E-state index contributed by atoms with van der Waals surface area (Å²) in [6.45, 7) is 1.68. The Hall–Kier alpha value is -3.47. The Morgan fingerprint density at radius 3 is 2.76 bits per heavy atom. The number of nitrogens with zero attached hydrogens (tertiary/aromatic N) is 3. The van der Waals surface area contributed by atoms with Crippen LogP contribution in [0, 0.1) is 0 Å². The van der Waals surface area contributed by atoms with Gasteiger partial charge in [0.25, 0.3) is 5.56 Å². The summed E-state index contributed by atoms with van der Waals surface area (Å²) >= 11 is 13.3. The van der Waals surface area contributed by atoms with Crippen molar-refractivity contribution in [3.05, 3.63) is 90.5 Å². The van der Waals surface area contributed by atoms with E-state index in [0.29, 0.717) is 32.3 Å². The number of hydrogen-bond donors (Lipinski definition) is 0. The van der Waals surface area contributed by atoms with E-state index >= 15 is 0 Å². The molecule has 11 heteroatoms. The maximum Gasteiger partial charge on any atom is 0.344 e. The zero-order valence-corrected chi connectivity index (χ0v) is 23.7. The smallest absolute Gasteiger partial charge is 0.344 e. The number of esters is 1. The quantitative estimate of drug-likeness (QED) is 0.141. The minimum Gasteiger partial charge on any atom is -0.479 e. The van der Waals surface area contributed by atoms with E-state index in [1.807, 2.05) is 30.3 Å². The number of hydrogen-bond acceptors (Lipinski definition) is 7. The van der Waals surface area contributed by atoms with E-state index in [9.17, 15) is 9.59 Å². The average molecular weight is 660 g/mol. The van der Waals surface area contributed by atoms with Gasteiger partial charge in [-0.15, -0.1) is 0 Å². The van der Waals surface area contributed by atoms with Crippen molar-refractivity contribution in [1.82, 2.24) is 9.66 Å². The maximum absolute atomic E-state index is 13.5. The van der Waals surface area contributed by atoms with Crippen molar-refractivity contribution in [3.8, 4) is 17.3 Å². The summed E-state index contributed by atoms with van der Waals surface area (Å²) in [4.78, 5) is 29.8. The van der Waals surface area contributed by atoms with Gasteiger partial charge in [0.05, 0.1) is 33.2 Å². The number of carbonyl (C=O) groups excluding carboxylic acids is 1. The molecule has 2 aromatic heterocycles. The van der Waals surface area contributed by atoms with Gasteiger partial charge in [-0.2, -0.15) is 9.78 Å². The molecule has 3 aromatic carbocycles. The minimum absolute atomic E-state index is 0.247. The molecule has 2 heterocycles. The van der Waals surface area contributed by atoms with Gasteiger partial charge in [-0.25, -0.2) is 9.78 Å². The van der Waals surface area contributed by atoms with Crippen LogP contribution in [0.4, 0.5) is 0 Å². The highest BCUT2D eigenvalue weighted by Gasteiger charge is 2.17. The molecule has 0 aliphatic heterocycles. The number of benzene rings is 3. The molecule has 5 aromatic rings. The van der Waals surface area contributed by atoms with Crippen LogP contribution in [0.25, 0.3) is 33.5 Å². The summed E-state index contributed by atoms with van der Waals surface area (Å²) in [6, 6.07) is 17.8. The summed E-state index contributed by atoms with van der Waals surface area (Å²) in [6.07, 6.45) is 1.48. The predicted molar refractivity (Wildman–Crippen MR) is 153 cm³/mol. The molecule has 0 aliphatic carbocycles. The van der Waals surface area contributed by atoms with Crippen LogP contribution < -0.4 is 10.3 Å². The number of ether oxygens (including phenoxy) is 2. The maximum atomic E-state index is 13.5.